The minimum atomic E-state index is -1.87. The lowest BCUT2D eigenvalue weighted by molar-refractivity contribution is -0.139. The van der Waals surface area contributed by atoms with Crippen molar-refractivity contribution in [3.05, 3.63) is 0 Å². The van der Waals surface area contributed by atoms with Gasteiger partial charge in [0.15, 0.2) is 8.32 Å². The maximum atomic E-state index is 10.3. The Kier molecular flexibility index (Phi) is 4.96. The lowest BCUT2D eigenvalue weighted by Crippen LogP contribution is -2.42. The van der Waals surface area contributed by atoms with Gasteiger partial charge in [0.1, 0.15) is 0 Å². The predicted molar refractivity (Wildman–Crippen MR) is 61.4 cm³/mol. The van der Waals surface area contributed by atoms with E-state index in [0.717, 1.165) is 0 Å². The molecule has 2 N–H and O–H groups in total. The Bertz CT molecular complexity index is 220. The number of aliphatic carboxylic acids is 1. The molecule has 0 amide bonds. The highest BCUT2D eigenvalue weighted by molar-refractivity contribution is 6.74. The summed E-state index contributed by atoms with van der Waals surface area (Å²) in [6.45, 7) is 10.6. The van der Waals surface area contributed by atoms with Crippen LogP contribution in [0.5, 0.6) is 0 Å². The Morgan fingerprint density at radius 1 is 1.40 bits per heavy atom. The lowest BCUT2D eigenvalue weighted by Gasteiger charge is -2.36. The second-order valence-corrected chi connectivity index (χ2v) is 10.1. The minimum Gasteiger partial charge on any atom is -0.481 e. The van der Waals surface area contributed by atoms with E-state index in [-0.39, 0.29) is 18.1 Å². The number of carboxylic acids is 1. The van der Waals surface area contributed by atoms with E-state index in [1.54, 1.807) is 0 Å². The van der Waals surface area contributed by atoms with Crippen molar-refractivity contribution in [3.8, 4) is 0 Å². The molecule has 15 heavy (non-hydrogen) atoms. The second-order valence-electron chi connectivity index (χ2n) is 5.32. The summed E-state index contributed by atoms with van der Waals surface area (Å²) in [5.41, 5.74) is 0. The van der Waals surface area contributed by atoms with E-state index in [4.69, 9.17) is 9.53 Å². The predicted octanol–water partition coefficient (Wildman–Crippen LogP) is 1.84. The van der Waals surface area contributed by atoms with Crippen LogP contribution in [0.25, 0.3) is 0 Å². The van der Waals surface area contributed by atoms with Gasteiger partial charge in [0, 0.05) is 0 Å². The van der Waals surface area contributed by atoms with Gasteiger partial charge in [-0.05, 0) is 18.1 Å². The van der Waals surface area contributed by atoms with Crippen molar-refractivity contribution in [2.45, 2.75) is 51.4 Å². The van der Waals surface area contributed by atoms with Gasteiger partial charge in [-0.15, -0.1) is 0 Å². The van der Waals surface area contributed by atoms with Gasteiger partial charge in [-0.1, -0.05) is 20.8 Å². The fraction of sp³-hybridized carbons (Fsp3) is 0.900. The van der Waals surface area contributed by atoms with Crippen LogP contribution in [-0.4, -0.2) is 37.2 Å². The van der Waals surface area contributed by atoms with E-state index in [1.165, 1.54) is 0 Å². The maximum Gasteiger partial charge on any atom is 0.306 e. The zero-order valence-corrected chi connectivity index (χ0v) is 11.2. The van der Waals surface area contributed by atoms with Crippen LogP contribution in [0.3, 0.4) is 0 Å². The molecular weight excluding hydrogens is 212 g/mol. The number of hydrogen-bond acceptors (Lipinski definition) is 3. The number of aliphatic hydroxyl groups is 1. The highest BCUT2D eigenvalue weighted by atomic mass is 28.4. The van der Waals surface area contributed by atoms with Gasteiger partial charge >= 0.3 is 5.97 Å². The first-order chi connectivity index (χ1) is 6.56. The largest absolute Gasteiger partial charge is 0.481 e. The Balaban J connectivity index is 4.10. The highest BCUT2D eigenvalue weighted by Gasteiger charge is 2.37. The molecule has 0 saturated heterocycles. The number of aliphatic hydroxyl groups excluding tert-OH is 1. The van der Waals surface area contributed by atoms with Crippen molar-refractivity contribution in [1.82, 2.24) is 0 Å². The van der Waals surface area contributed by atoms with Crippen LogP contribution in [0.1, 0.15) is 27.2 Å². The molecule has 0 aliphatic rings. The van der Waals surface area contributed by atoms with Crippen LogP contribution < -0.4 is 0 Å². The topological polar surface area (TPSA) is 66.8 Å². The summed E-state index contributed by atoms with van der Waals surface area (Å²) in [7, 11) is -1.87. The summed E-state index contributed by atoms with van der Waals surface area (Å²) in [4.78, 5) is 10.3. The first-order valence-electron chi connectivity index (χ1n) is 5.10. The molecule has 0 aliphatic carbocycles. The number of carboxylic acid groups (broad SMARTS) is 1. The lowest BCUT2D eigenvalue weighted by atomic mass is 10.2. The van der Waals surface area contributed by atoms with Crippen LogP contribution in [0.4, 0.5) is 0 Å². The van der Waals surface area contributed by atoms with Gasteiger partial charge in [0.25, 0.3) is 0 Å². The number of rotatable bonds is 5. The molecule has 0 rings (SSSR count). The summed E-state index contributed by atoms with van der Waals surface area (Å²) in [6.07, 6.45) is -1.16. The molecule has 0 unspecified atom stereocenters. The summed E-state index contributed by atoms with van der Waals surface area (Å²) in [5.74, 6) is -0.999. The zero-order chi connectivity index (χ0) is 12.3. The molecule has 0 bridgehead atoms. The van der Waals surface area contributed by atoms with Crippen molar-refractivity contribution in [1.29, 1.82) is 0 Å². The molecule has 0 heterocycles. The monoisotopic (exact) mass is 234 g/mol. The normalized spacial score (nSPS) is 15.1. The van der Waals surface area contributed by atoms with E-state index in [1.807, 2.05) is 0 Å². The Morgan fingerprint density at radius 2 is 1.87 bits per heavy atom. The third-order valence-corrected chi connectivity index (χ3v) is 7.35. The molecule has 0 aliphatic heterocycles. The molecule has 0 saturated carbocycles. The van der Waals surface area contributed by atoms with Gasteiger partial charge in [0.05, 0.1) is 19.1 Å². The molecule has 5 heteroatoms. The molecule has 0 fully saturated rings. The van der Waals surface area contributed by atoms with E-state index >= 15 is 0 Å². The molecule has 0 radical (unpaired) electrons. The van der Waals surface area contributed by atoms with E-state index in [2.05, 4.69) is 33.9 Å². The quantitative estimate of drug-likeness (QED) is 0.712. The van der Waals surface area contributed by atoms with Gasteiger partial charge in [-0.2, -0.15) is 0 Å². The van der Waals surface area contributed by atoms with E-state index < -0.39 is 20.4 Å². The van der Waals surface area contributed by atoms with Gasteiger partial charge in [-0.25, -0.2) is 0 Å². The van der Waals surface area contributed by atoms with Crippen LogP contribution >= 0.6 is 0 Å². The van der Waals surface area contributed by atoms with Crippen molar-refractivity contribution in [3.63, 3.8) is 0 Å². The summed E-state index contributed by atoms with van der Waals surface area (Å²) in [6, 6.07) is 0. The van der Waals surface area contributed by atoms with Crippen LogP contribution in [0.15, 0.2) is 0 Å². The Labute approximate surface area is 92.4 Å². The van der Waals surface area contributed by atoms with E-state index in [0.29, 0.717) is 0 Å². The second kappa shape index (κ2) is 5.09. The maximum absolute atomic E-state index is 10.3. The van der Waals surface area contributed by atoms with Crippen LogP contribution in [0, 0.1) is 0 Å². The molecule has 0 aromatic heterocycles. The number of carbonyl (C=O) groups is 1. The van der Waals surface area contributed by atoms with Crippen molar-refractivity contribution in [2.75, 3.05) is 6.61 Å². The Morgan fingerprint density at radius 3 is 2.20 bits per heavy atom. The first kappa shape index (κ1) is 14.6. The zero-order valence-electron chi connectivity index (χ0n) is 10.2. The molecule has 4 nitrogen and oxygen atoms in total. The van der Waals surface area contributed by atoms with Gasteiger partial charge in [-0.3, -0.25) is 4.79 Å². The van der Waals surface area contributed by atoms with Crippen molar-refractivity contribution >= 4 is 14.3 Å². The third kappa shape index (κ3) is 5.29. The van der Waals surface area contributed by atoms with Crippen molar-refractivity contribution < 1.29 is 19.4 Å². The average molecular weight is 234 g/mol. The van der Waals surface area contributed by atoms with Crippen LogP contribution in [-0.2, 0) is 9.22 Å². The third-order valence-electron chi connectivity index (χ3n) is 2.85. The molecule has 1 atom stereocenters. The van der Waals surface area contributed by atoms with Crippen molar-refractivity contribution in [2.24, 2.45) is 0 Å². The molecule has 0 spiro atoms. The molecule has 0 aromatic rings. The van der Waals surface area contributed by atoms with Gasteiger partial charge < -0.3 is 14.6 Å². The molecule has 90 valence electrons. The van der Waals surface area contributed by atoms with Crippen LogP contribution in [0.2, 0.25) is 18.1 Å². The minimum absolute atomic E-state index is 0.0793. The smallest absolute Gasteiger partial charge is 0.306 e. The SMILES string of the molecule is CC(C)(C)[Si](C)(C)OC[C@H](O)CC(=O)O. The average Bonchev–Trinajstić information content (AvgIpc) is 1.97. The van der Waals surface area contributed by atoms with Gasteiger partial charge in [0.2, 0.25) is 0 Å². The first-order valence-corrected chi connectivity index (χ1v) is 8.01. The molecular formula is C10H22O4Si. The summed E-state index contributed by atoms with van der Waals surface area (Å²) in [5, 5.41) is 17.9. The Hall–Kier alpha value is -0.393. The fourth-order valence-corrected chi connectivity index (χ4v) is 1.82. The fourth-order valence-electron chi connectivity index (χ4n) is 0.782. The van der Waals surface area contributed by atoms with E-state index in [9.17, 15) is 9.90 Å². The molecule has 0 aromatic carbocycles. The summed E-state index contributed by atoms with van der Waals surface area (Å²) < 4.78 is 5.68. The standard InChI is InChI=1S/C10H22O4Si/c1-10(2,3)15(4,5)14-7-8(11)6-9(12)13/h8,11H,6-7H2,1-5H3,(H,12,13)/t8-/m1/s1. The number of hydrogen-bond donors (Lipinski definition) is 2. The highest BCUT2D eigenvalue weighted by Crippen LogP contribution is 2.36. The summed E-state index contributed by atoms with van der Waals surface area (Å²) >= 11 is 0.